The van der Waals surface area contributed by atoms with Crippen molar-refractivity contribution in [2.45, 2.75) is 106 Å². The van der Waals surface area contributed by atoms with E-state index in [0.717, 1.165) is 50.5 Å². The van der Waals surface area contributed by atoms with Crippen LogP contribution in [0.25, 0.3) is 0 Å². The number of carboxylic acids is 1. The molecule has 2 saturated carbocycles. The summed E-state index contributed by atoms with van der Waals surface area (Å²) in [7, 11) is 0. The van der Waals surface area contributed by atoms with Gasteiger partial charge in [0, 0.05) is 34.8 Å². The summed E-state index contributed by atoms with van der Waals surface area (Å²) in [5, 5.41) is 9.15. The van der Waals surface area contributed by atoms with Crippen molar-refractivity contribution in [2.75, 3.05) is 0 Å². The number of aliphatic carboxylic acids is 1. The average molecular weight is 469 g/mol. The predicted molar refractivity (Wildman–Crippen MR) is 134 cm³/mol. The molecule has 0 bridgehead atoms. The highest BCUT2D eigenvalue weighted by Crippen LogP contribution is 2.71. The molecule has 4 nitrogen and oxygen atoms in total. The van der Waals surface area contributed by atoms with Crippen LogP contribution < -0.4 is 0 Å². The van der Waals surface area contributed by atoms with E-state index in [1.807, 2.05) is 6.08 Å². The summed E-state index contributed by atoms with van der Waals surface area (Å²) in [4.78, 5) is 37.9. The molecule has 4 rings (SSSR count). The Morgan fingerprint density at radius 3 is 2.41 bits per heavy atom. The van der Waals surface area contributed by atoms with Crippen LogP contribution in [0.3, 0.4) is 0 Å². The maximum atomic E-state index is 14.0. The molecule has 0 aromatic heterocycles. The van der Waals surface area contributed by atoms with Crippen LogP contribution in [0.5, 0.6) is 0 Å². The van der Waals surface area contributed by atoms with Gasteiger partial charge in [0.25, 0.3) is 0 Å². The van der Waals surface area contributed by atoms with E-state index in [1.165, 1.54) is 5.57 Å². The minimum absolute atomic E-state index is 0.0293. The second-order valence-corrected chi connectivity index (χ2v) is 13.2. The Hall–Kier alpha value is -1.71. The van der Waals surface area contributed by atoms with Gasteiger partial charge >= 0.3 is 5.97 Å². The molecule has 6 unspecified atom stereocenters. The first kappa shape index (κ1) is 25.4. The summed E-state index contributed by atoms with van der Waals surface area (Å²) in [5.74, 6) is 1.01. The number of allylic oxidation sites excluding steroid dienone is 3. The highest BCUT2D eigenvalue weighted by atomic mass is 16.4. The standard InChI is InChI=1S/C30H44O4/c1-18(9-8-10-19(2)26(33)34)20-13-16-29(6)21-11-12-23-27(3,4)24(32)14-15-28(23,5)25(21)22(31)17-30(20,29)7/h10,18,20,23H,8-9,11-17H2,1-7H3,(H,33,34). The number of ketones is 2. The normalized spacial score (nSPS) is 40.5. The predicted octanol–water partition coefficient (Wildman–Crippen LogP) is 6.93. The largest absolute Gasteiger partial charge is 0.478 e. The van der Waals surface area contributed by atoms with Gasteiger partial charge in [0.05, 0.1) is 0 Å². The molecule has 0 spiro atoms. The van der Waals surface area contributed by atoms with Gasteiger partial charge in [0.2, 0.25) is 0 Å². The monoisotopic (exact) mass is 468 g/mol. The number of hydrogen-bond acceptors (Lipinski definition) is 3. The molecule has 0 amide bonds. The van der Waals surface area contributed by atoms with E-state index in [-0.39, 0.29) is 27.6 Å². The molecule has 34 heavy (non-hydrogen) atoms. The quantitative estimate of drug-likeness (QED) is 0.444. The summed E-state index contributed by atoms with van der Waals surface area (Å²) < 4.78 is 0. The fraction of sp³-hybridized carbons (Fsp3) is 0.767. The summed E-state index contributed by atoms with van der Waals surface area (Å²) in [6.07, 6.45) is 9.78. The molecule has 1 N–H and O–H groups in total. The average Bonchev–Trinajstić information content (AvgIpc) is 3.02. The van der Waals surface area contributed by atoms with Crippen molar-refractivity contribution >= 4 is 17.5 Å². The first-order valence-corrected chi connectivity index (χ1v) is 13.4. The van der Waals surface area contributed by atoms with Gasteiger partial charge in [-0.05, 0) is 80.5 Å². The van der Waals surface area contributed by atoms with E-state index < -0.39 is 5.97 Å². The third-order valence-electron chi connectivity index (χ3n) is 11.4. The number of rotatable bonds is 5. The molecule has 4 aliphatic carbocycles. The van der Waals surface area contributed by atoms with E-state index in [9.17, 15) is 14.4 Å². The van der Waals surface area contributed by atoms with Gasteiger partial charge < -0.3 is 5.11 Å². The lowest BCUT2D eigenvalue weighted by molar-refractivity contribution is -0.142. The van der Waals surface area contributed by atoms with Crippen LogP contribution >= 0.6 is 0 Å². The lowest BCUT2D eigenvalue weighted by atomic mass is 9.43. The zero-order valence-electron chi connectivity index (χ0n) is 22.3. The third-order valence-corrected chi connectivity index (χ3v) is 11.4. The van der Waals surface area contributed by atoms with Gasteiger partial charge in [-0.3, -0.25) is 9.59 Å². The first-order chi connectivity index (χ1) is 15.7. The van der Waals surface area contributed by atoms with E-state index >= 15 is 0 Å². The summed E-state index contributed by atoms with van der Waals surface area (Å²) in [6.45, 7) is 15.3. The Morgan fingerprint density at radius 1 is 1.09 bits per heavy atom. The van der Waals surface area contributed by atoms with Crippen molar-refractivity contribution in [3.8, 4) is 0 Å². The van der Waals surface area contributed by atoms with Crippen LogP contribution in [0.1, 0.15) is 106 Å². The molecule has 6 atom stereocenters. The Balaban J connectivity index is 1.66. The van der Waals surface area contributed by atoms with Gasteiger partial charge in [-0.15, -0.1) is 0 Å². The molecule has 188 valence electrons. The van der Waals surface area contributed by atoms with Crippen LogP contribution in [0, 0.1) is 39.4 Å². The smallest absolute Gasteiger partial charge is 0.330 e. The Kier molecular flexibility index (Phi) is 6.10. The van der Waals surface area contributed by atoms with E-state index in [1.54, 1.807) is 6.92 Å². The summed E-state index contributed by atoms with van der Waals surface area (Å²) in [5.41, 5.74) is 2.37. The molecule has 0 heterocycles. The summed E-state index contributed by atoms with van der Waals surface area (Å²) >= 11 is 0. The number of hydrogen-bond donors (Lipinski definition) is 1. The minimum Gasteiger partial charge on any atom is -0.478 e. The van der Waals surface area contributed by atoms with Crippen LogP contribution in [-0.2, 0) is 14.4 Å². The molecule has 0 aliphatic heterocycles. The Morgan fingerprint density at radius 2 is 1.76 bits per heavy atom. The van der Waals surface area contributed by atoms with Crippen molar-refractivity contribution < 1.29 is 19.5 Å². The highest BCUT2D eigenvalue weighted by molar-refractivity contribution is 6.00. The SMILES string of the molecule is CC(=CCCC(C)C1CCC2(C)C3=C(C(=O)CC12C)C1(C)CCC(=O)C(C)(C)C1CC3)C(=O)O. The van der Waals surface area contributed by atoms with E-state index in [2.05, 4.69) is 41.5 Å². The molecule has 0 aromatic carbocycles. The van der Waals surface area contributed by atoms with Crippen molar-refractivity contribution in [3.63, 3.8) is 0 Å². The van der Waals surface area contributed by atoms with Crippen LogP contribution in [0.4, 0.5) is 0 Å². The van der Waals surface area contributed by atoms with Gasteiger partial charge in [-0.1, -0.05) is 53.2 Å². The number of fused-ring (bicyclic) bond motifs is 4. The highest BCUT2D eigenvalue weighted by Gasteiger charge is 2.65. The maximum absolute atomic E-state index is 14.0. The molecule has 0 saturated heterocycles. The second-order valence-electron chi connectivity index (χ2n) is 13.2. The third kappa shape index (κ3) is 3.41. The van der Waals surface area contributed by atoms with E-state index in [4.69, 9.17) is 5.11 Å². The number of Topliss-reactive ketones (excluding diaryl/α,β-unsaturated/α-hetero) is 2. The molecular formula is C30H44O4. The van der Waals surface area contributed by atoms with Crippen molar-refractivity contribution in [1.82, 2.24) is 0 Å². The molecule has 4 aliphatic rings. The van der Waals surface area contributed by atoms with Gasteiger partial charge in [0.1, 0.15) is 5.78 Å². The second kappa shape index (κ2) is 8.17. The van der Waals surface area contributed by atoms with Gasteiger partial charge in [-0.25, -0.2) is 4.79 Å². The molecular weight excluding hydrogens is 424 g/mol. The molecule has 2 fully saturated rings. The zero-order valence-corrected chi connectivity index (χ0v) is 22.3. The van der Waals surface area contributed by atoms with Gasteiger partial charge in [-0.2, -0.15) is 0 Å². The maximum Gasteiger partial charge on any atom is 0.330 e. The zero-order chi connectivity index (χ0) is 25.3. The number of carbonyl (C=O) groups excluding carboxylic acids is 2. The van der Waals surface area contributed by atoms with Crippen molar-refractivity contribution in [2.24, 2.45) is 39.4 Å². The fourth-order valence-corrected chi connectivity index (χ4v) is 9.10. The molecule has 0 aromatic rings. The number of carboxylic acid groups (broad SMARTS) is 1. The number of carbonyl (C=O) groups is 3. The van der Waals surface area contributed by atoms with E-state index in [0.29, 0.717) is 41.8 Å². The minimum atomic E-state index is -0.845. The molecule has 0 radical (unpaired) electrons. The van der Waals surface area contributed by atoms with Crippen molar-refractivity contribution in [1.29, 1.82) is 0 Å². The lowest BCUT2D eigenvalue weighted by Gasteiger charge is -2.60. The lowest BCUT2D eigenvalue weighted by Crippen LogP contribution is -2.56. The van der Waals surface area contributed by atoms with Crippen LogP contribution in [0.2, 0.25) is 0 Å². The first-order valence-electron chi connectivity index (χ1n) is 13.4. The fourth-order valence-electron chi connectivity index (χ4n) is 9.10. The van der Waals surface area contributed by atoms with Crippen LogP contribution in [0.15, 0.2) is 22.8 Å². The Labute approximate surface area is 205 Å². The topological polar surface area (TPSA) is 71.4 Å². The summed E-state index contributed by atoms with van der Waals surface area (Å²) in [6, 6.07) is 0. The van der Waals surface area contributed by atoms with Gasteiger partial charge in [0.15, 0.2) is 5.78 Å². The Bertz CT molecular complexity index is 984. The van der Waals surface area contributed by atoms with Crippen LogP contribution in [-0.4, -0.2) is 22.6 Å². The molecule has 4 heteroatoms. The van der Waals surface area contributed by atoms with Crippen molar-refractivity contribution in [3.05, 3.63) is 22.8 Å².